The minimum absolute atomic E-state index is 0.00111. The topological polar surface area (TPSA) is 16.4 Å². The number of furan rings is 1. The molecule has 2 heteroatoms. The molecule has 0 radical (unpaired) electrons. The molecule has 0 unspecified atom stereocenters. The lowest BCUT2D eigenvalue weighted by Crippen LogP contribution is -2.28. The van der Waals surface area contributed by atoms with Crippen molar-refractivity contribution >= 4 is 49.8 Å². The molecular weight excluding hydrogens is 847 g/mol. The summed E-state index contributed by atoms with van der Waals surface area (Å²) < 4.78 is 121. The summed E-state index contributed by atoms with van der Waals surface area (Å²) in [6.45, 7) is 4.33. The van der Waals surface area contributed by atoms with E-state index < -0.39 is 71.3 Å². The van der Waals surface area contributed by atoms with Crippen LogP contribution in [-0.4, -0.2) is 0 Å². The minimum Gasteiger partial charge on any atom is -0.455 e. The Hall–Kier alpha value is -8.72. The molecule has 0 saturated carbocycles. The van der Waals surface area contributed by atoms with E-state index in [4.69, 9.17) is 11.3 Å². The minimum atomic E-state index is -0.885. The molecule has 12 aromatic rings. The number of hydrogen-bond acceptors (Lipinski definition) is 2. The van der Waals surface area contributed by atoms with Crippen molar-refractivity contribution in [2.24, 2.45) is 0 Å². The zero-order valence-electron chi connectivity index (χ0n) is 50.1. The summed E-state index contributed by atoms with van der Waals surface area (Å²) in [6, 6.07) is 52.0. The van der Waals surface area contributed by atoms with Crippen LogP contribution in [0.2, 0.25) is 0 Å². The number of hydrogen-bond donors (Lipinski definition) is 0. The van der Waals surface area contributed by atoms with Gasteiger partial charge in [0.05, 0.1) is 21.9 Å². The van der Waals surface area contributed by atoms with Crippen LogP contribution in [0.3, 0.4) is 0 Å². The number of anilines is 3. The van der Waals surface area contributed by atoms with Gasteiger partial charge in [-0.1, -0.05) is 220 Å². The van der Waals surface area contributed by atoms with Crippen LogP contribution in [0.4, 0.5) is 17.1 Å². The SMILES string of the molecule is [2H]c1c([2H])c([2H])c(-c2c([2H])c(N(c3ccc4c(c3)C(C)(C)c3ccccc3-4)c3ccc4c(c3)C(c3ccccc3)(c3ccccc3)c3ccccc3-4)c([2H])c3c2oc2c4c([2H])c([2H])c([2H])c([2H])c4c(-c4ccccc4)c([2H])c23)c([2H])c1[2H]. The molecule has 1 heterocycles. The first-order chi connectivity index (χ1) is 39.5. The van der Waals surface area contributed by atoms with E-state index in [0.29, 0.717) is 16.9 Å². The summed E-state index contributed by atoms with van der Waals surface area (Å²) in [4.78, 5) is 1.83. The summed E-state index contributed by atoms with van der Waals surface area (Å²) in [6.07, 6.45) is 0. The third kappa shape index (κ3) is 5.80. The highest BCUT2D eigenvalue weighted by molar-refractivity contribution is 6.21. The van der Waals surface area contributed by atoms with Gasteiger partial charge >= 0.3 is 0 Å². The van der Waals surface area contributed by atoms with Crippen LogP contribution in [0.1, 0.15) is 63.7 Å². The van der Waals surface area contributed by atoms with Crippen LogP contribution < -0.4 is 4.90 Å². The van der Waals surface area contributed by atoms with Gasteiger partial charge in [-0.2, -0.15) is 0 Å². The predicted molar refractivity (Wildman–Crippen MR) is 292 cm³/mol. The van der Waals surface area contributed by atoms with E-state index in [1.54, 1.807) is 30.3 Å². The normalized spacial score (nSPS) is 16.2. The summed E-state index contributed by atoms with van der Waals surface area (Å²) >= 11 is 0. The average molecular weight is 906 g/mol. The lowest BCUT2D eigenvalue weighted by atomic mass is 9.67. The van der Waals surface area contributed by atoms with Gasteiger partial charge in [-0.3, -0.25) is 0 Å². The van der Waals surface area contributed by atoms with Crippen LogP contribution in [0.15, 0.2) is 253 Å². The highest BCUT2D eigenvalue weighted by Crippen LogP contribution is 2.58. The maximum atomic E-state index is 10.8. The van der Waals surface area contributed by atoms with Crippen LogP contribution in [0.25, 0.3) is 77.2 Å². The van der Waals surface area contributed by atoms with Crippen molar-refractivity contribution in [3.05, 3.63) is 282 Å². The number of rotatable bonds is 7. The second-order valence-corrected chi connectivity index (χ2v) is 18.6. The maximum absolute atomic E-state index is 10.8. The van der Waals surface area contributed by atoms with E-state index in [1.807, 2.05) is 77.7 Å². The first kappa shape index (κ1) is 29.9. The molecule has 2 aliphatic carbocycles. The maximum Gasteiger partial charge on any atom is 0.143 e. The Labute approximate surface area is 425 Å². The molecule has 1 aromatic heterocycles. The van der Waals surface area contributed by atoms with Gasteiger partial charge in [0, 0.05) is 44.2 Å². The van der Waals surface area contributed by atoms with Gasteiger partial charge in [0.25, 0.3) is 0 Å². The van der Waals surface area contributed by atoms with Gasteiger partial charge in [-0.25, -0.2) is 0 Å². The Balaban J connectivity index is 1.18. The molecule has 70 heavy (non-hydrogen) atoms. The van der Waals surface area contributed by atoms with E-state index in [1.165, 1.54) is 0 Å². The van der Waals surface area contributed by atoms with Gasteiger partial charge < -0.3 is 9.32 Å². The summed E-state index contributed by atoms with van der Waals surface area (Å²) in [5.41, 5.74) is 9.27. The van der Waals surface area contributed by atoms with Crippen molar-refractivity contribution in [3.63, 3.8) is 0 Å². The van der Waals surface area contributed by atoms with Gasteiger partial charge in [0.15, 0.2) is 0 Å². The molecule has 0 saturated heterocycles. The van der Waals surface area contributed by atoms with Gasteiger partial charge in [-0.05, 0) is 120 Å². The van der Waals surface area contributed by atoms with Crippen LogP contribution in [-0.2, 0) is 10.8 Å². The fourth-order valence-electron chi connectivity index (χ4n) is 11.5. The van der Waals surface area contributed by atoms with Crippen molar-refractivity contribution in [1.82, 2.24) is 0 Å². The van der Waals surface area contributed by atoms with E-state index in [0.717, 1.165) is 55.6 Å². The lowest BCUT2D eigenvalue weighted by molar-refractivity contribution is 0.660. The molecule has 0 N–H and O–H groups in total. The quantitative estimate of drug-likeness (QED) is 0.158. The second kappa shape index (κ2) is 15.4. The van der Waals surface area contributed by atoms with Crippen LogP contribution in [0, 0.1) is 0 Å². The van der Waals surface area contributed by atoms with Gasteiger partial charge in [0.2, 0.25) is 0 Å². The standard InChI is InChI=1S/C68H47NO/c1-67(2)61-33-19-17-30-52(61)54-37-35-48(41-63(54)67)69(49-36-38-55-53-31-18-20-34-62(53)68(64(55)42-49,46-25-11-5-12-26-46)47-27-13-6-14-28-47)50-39-58(45-23-9-4-10-24-45)66-59(40-50)60-43-57(44-21-7-3-8-22-44)51-29-15-16-32-56(51)65(60)70-66/h3-43H,1-2H3/i4D,9D,10D,15D,16D,23D,24D,29D,32D,39D,40D,43D. The number of nitrogens with zero attached hydrogens (tertiary/aromatic N) is 1. The zero-order valence-corrected chi connectivity index (χ0v) is 38.1. The molecule has 0 bridgehead atoms. The van der Waals surface area contributed by atoms with Gasteiger partial charge in [-0.15, -0.1) is 0 Å². The monoisotopic (exact) mass is 905 g/mol. The predicted octanol–water partition coefficient (Wildman–Crippen LogP) is 18.2. The Morgan fingerprint density at radius 3 is 1.59 bits per heavy atom. The third-order valence-electron chi connectivity index (χ3n) is 14.6. The molecule has 0 fully saturated rings. The molecule has 0 spiro atoms. The first-order valence-corrected chi connectivity index (χ1v) is 23.4. The average Bonchev–Trinajstić information content (AvgIpc) is 4.32. The fourth-order valence-corrected chi connectivity index (χ4v) is 11.5. The highest BCUT2D eigenvalue weighted by Gasteiger charge is 2.46. The Kier molecular flexibility index (Phi) is 6.58. The molecule has 0 atom stereocenters. The Morgan fingerprint density at radius 1 is 0.371 bits per heavy atom. The van der Waals surface area contributed by atoms with Crippen molar-refractivity contribution in [1.29, 1.82) is 0 Å². The molecule has 2 aliphatic rings. The van der Waals surface area contributed by atoms with E-state index in [9.17, 15) is 9.60 Å². The zero-order chi connectivity index (χ0) is 57.0. The number of fused-ring (bicyclic) bond motifs is 11. The number of benzene rings is 11. The molecule has 330 valence electrons. The third-order valence-corrected chi connectivity index (χ3v) is 14.6. The lowest BCUT2D eigenvalue weighted by Gasteiger charge is -2.35. The van der Waals surface area contributed by atoms with Crippen molar-refractivity contribution < 1.29 is 20.9 Å². The van der Waals surface area contributed by atoms with Crippen LogP contribution in [0.5, 0.6) is 0 Å². The molecule has 0 aliphatic heterocycles. The second-order valence-electron chi connectivity index (χ2n) is 18.6. The van der Waals surface area contributed by atoms with E-state index in [2.05, 4.69) is 86.6 Å². The molecule has 11 aromatic carbocycles. The molecule has 0 amide bonds. The Bertz CT molecular complexity index is 4680. The summed E-state index contributed by atoms with van der Waals surface area (Å²) in [7, 11) is 0. The van der Waals surface area contributed by atoms with E-state index in [-0.39, 0.29) is 67.2 Å². The summed E-state index contributed by atoms with van der Waals surface area (Å²) in [5, 5.41) is -0.165. The van der Waals surface area contributed by atoms with Gasteiger partial charge in [0.1, 0.15) is 11.2 Å². The summed E-state index contributed by atoms with van der Waals surface area (Å²) in [5.74, 6) is 0. The first-order valence-electron chi connectivity index (χ1n) is 29.4. The van der Waals surface area contributed by atoms with Crippen molar-refractivity contribution in [3.8, 4) is 44.5 Å². The van der Waals surface area contributed by atoms with E-state index >= 15 is 0 Å². The van der Waals surface area contributed by atoms with Crippen molar-refractivity contribution in [2.75, 3.05) is 4.90 Å². The molecular formula is C68H47NO. The Morgan fingerprint density at radius 2 is 0.900 bits per heavy atom. The largest absolute Gasteiger partial charge is 0.455 e. The molecule has 2 nitrogen and oxygen atoms in total. The highest BCUT2D eigenvalue weighted by atomic mass is 16.3. The molecule has 14 rings (SSSR count). The fraction of sp³-hybridized carbons (Fsp3) is 0.0588. The van der Waals surface area contributed by atoms with Crippen molar-refractivity contribution in [2.45, 2.75) is 24.7 Å². The smallest absolute Gasteiger partial charge is 0.143 e. The van der Waals surface area contributed by atoms with Crippen LogP contribution >= 0.6 is 0 Å².